The molecule has 1 aromatic heterocycles. The molecule has 1 heterocycles. The zero-order chi connectivity index (χ0) is 21.3. The van der Waals surface area contributed by atoms with Gasteiger partial charge < -0.3 is 10.6 Å². The average Bonchev–Trinajstić information content (AvgIpc) is 3.50. The second-order valence-electron chi connectivity index (χ2n) is 7.57. The predicted octanol–water partition coefficient (Wildman–Crippen LogP) is 5.09. The molecule has 0 radical (unpaired) electrons. The van der Waals surface area contributed by atoms with Crippen LogP contribution < -0.4 is 10.6 Å². The summed E-state index contributed by atoms with van der Waals surface area (Å²) in [5.74, 6) is -0.368. The largest absolute Gasteiger partial charge is 0.326 e. The van der Waals surface area contributed by atoms with Crippen molar-refractivity contribution < 1.29 is 14.0 Å². The average molecular weight is 424 g/mol. The van der Waals surface area contributed by atoms with Gasteiger partial charge in [0.2, 0.25) is 5.91 Å². The number of anilines is 2. The highest BCUT2D eigenvalue weighted by Crippen LogP contribution is 2.31. The van der Waals surface area contributed by atoms with Gasteiger partial charge in [-0.25, -0.2) is 9.37 Å². The number of aryl methyl sites for hydroxylation is 2. The first-order chi connectivity index (χ1) is 14.4. The molecule has 0 bridgehead atoms. The Morgan fingerprint density at radius 1 is 1.10 bits per heavy atom. The summed E-state index contributed by atoms with van der Waals surface area (Å²) >= 11 is 1.33. The second kappa shape index (κ2) is 8.36. The van der Waals surface area contributed by atoms with Crippen LogP contribution in [0.2, 0.25) is 0 Å². The Hall–Kier alpha value is -3.06. The normalized spacial score (nSPS) is 13.2. The van der Waals surface area contributed by atoms with E-state index in [0.29, 0.717) is 28.4 Å². The third-order valence-electron chi connectivity index (χ3n) is 5.02. The molecule has 1 aliphatic rings. The fraction of sp³-hybridized carbons (Fsp3) is 0.261. The number of amides is 2. The highest BCUT2D eigenvalue weighted by molar-refractivity contribution is 7.14. The summed E-state index contributed by atoms with van der Waals surface area (Å²) in [4.78, 5) is 29.9. The first-order valence-electron chi connectivity index (χ1n) is 9.82. The first-order valence-corrected chi connectivity index (χ1v) is 10.6. The van der Waals surface area contributed by atoms with Crippen molar-refractivity contribution in [2.24, 2.45) is 5.92 Å². The molecule has 2 N–H and O–H groups in total. The molecule has 4 rings (SSSR count). The van der Waals surface area contributed by atoms with Gasteiger partial charge in [-0.1, -0.05) is 18.2 Å². The molecule has 1 fully saturated rings. The third-order valence-corrected chi connectivity index (χ3v) is 6.17. The fourth-order valence-corrected chi connectivity index (χ4v) is 4.11. The molecule has 2 amide bonds. The maximum atomic E-state index is 13.1. The summed E-state index contributed by atoms with van der Waals surface area (Å²) in [6.07, 6.45) is 2.42. The number of benzene rings is 2. The van der Waals surface area contributed by atoms with Crippen molar-refractivity contribution >= 4 is 34.5 Å². The van der Waals surface area contributed by atoms with Crippen LogP contribution in [0.15, 0.2) is 42.5 Å². The molecule has 3 aromatic rings. The Morgan fingerprint density at radius 2 is 1.83 bits per heavy atom. The summed E-state index contributed by atoms with van der Waals surface area (Å²) in [6, 6.07) is 11.8. The summed E-state index contributed by atoms with van der Waals surface area (Å²) in [7, 11) is 0. The van der Waals surface area contributed by atoms with Crippen LogP contribution in [0, 0.1) is 25.6 Å². The molecule has 154 valence electrons. The molecule has 0 unspecified atom stereocenters. The lowest BCUT2D eigenvalue weighted by Gasteiger charge is -2.11. The van der Waals surface area contributed by atoms with Crippen molar-refractivity contribution in [1.29, 1.82) is 0 Å². The molecule has 2 aromatic carbocycles. The van der Waals surface area contributed by atoms with Gasteiger partial charge >= 0.3 is 0 Å². The second-order valence-corrected chi connectivity index (χ2v) is 8.66. The zero-order valence-electron chi connectivity index (χ0n) is 16.8. The number of carbonyl (C=O) groups excluding carboxylic acids is 2. The van der Waals surface area contributed by atoms with E-state index in [1.54, 1.807) is 25.1 Å². The Bertz CT molecular complexity index is 1100. The number of nitrogens with one attached hydrogen (secondary N) is 2. The van der Waals surface area contributed by atoms with Crippen LogP contribution in [0.3, 0.4) is 0 Å². The highest BCUT2D eigenvalue weighted by atomic mass is 32.1. The quantitative estimate of drug-likeness (QED) is 0.580. The highest BCUT2D eigenvalue weighted by Gasteiger charge is 2.29. The molecular weight excluding hydrogens is 401 g/mol. The van der Waals surface area contributed by atoms with Crippen LogP contribution in [0.1, 0.15) is 44.3 Å². The van der Waals surface area contributed by atoms with Crippen LogP contribution in [0.25, 0.3) is 0 Å². The Balaban J connectivity index is 1.47. The van der Waals surface area contributed by atoms with Gasteiger partial charge in [-0.3, -0.25) is 9.59 Å². The number of rotatable bonds is 6. The molecule has 30 heavy (non-hydrogen) atoms. The molecule has 5 nitrogen and oxygen atoms in total. The summed E-state index contributed by atoms with van der Waals surface area (Å²) in [6.45, 7) is 3.71. The van der Waals surface area contributed by atoms with E-state index < -0.39 is 0 Å². The summed E-state index contributed by atoms with van der Waals surface area (Å²) in [5.41, 5.74) is 3.83. The number of thiazole rings is 1. The number of halogens is 1. The molecule has 0 aliphatic heterocycles. The number of carbonyl (C=O) groups is 2. The standard InChI is InChI=1S/C23H22FN3O2S/c1-13-3-10-18(26-22(28)16-6-7-16)12-19(13)27-23(29)21-14(2)25-20(30-21)11-15-4-8-17(24)9-5-15/h3-5,8-10,12,16H,6-7,11H2,1-2H3,(H,26,28)(H,27,29). The van der Waals surface area contributed by atoms with Crippen molar-refractivity contribution in [3.8, 4) is 0 Å². The van der Waals surface area contributed by atoms with E-state index in [-0.39, 0.29) is 23.5 Å². The van der Waals surface area contributed by atoms with Crippen molar-refractivity contribution in [3.05, 3.63) is 75.0 Å². The van der Waals surface area contributed by atoms with Crippen molar-refractivity contribution in [2.75, 3.05) is 10.6 Å². The minimum Gasteiger partial charge on any atom is -0.326 e. The van der Waals surface area contributed by atoms with E-state index in [2.05, 4.69) is 15.6 Å². The molecule has 1 aliphatic carbocycles. The van der Waals surface area contributed by atoms with E-state index in [9.17, 15) is 14.0 Å². The number of aromatic nitrogens is 1. The van der Waals surface area contributed by atoms with Gasteiger partial charge in [-0.05, 0) is 62.1 Å². The molecule has 0 atom stereocenters. The van der Waals surface area contributed by atoms with Gasteiger partial charge in [0, 0.05) is 23.7 Å². The van der Waals surface area contributed by atoms with Gasteiger partial charge in [0.15, 0.2) is 0 Å². The first kappa shape index (κ1) is 20.2. The Labute approximate surface area is 178 Å². The maximum Gasteiger partial charge on any atom is 0.267 e. The van der Waals surface area contributed by atoms with E-state index in [4.69, 9.17) is 0 Å². The van der Waals surface area contributed by atoms with Gasteiger partial charge in [-0.2, -0.15) is 0 Å². The summed E-state index contributed by atoms with van der Waals surface area (Å²) < 4.78 is 13.1. The van der Waals surface area contributed by atoms with Gasteiger partial charge in [0.05, 0.1) is 10.7 Å². The van der Waals surface area contributed by atoms with Gasteiger partial charge in [-0.15, -0.1) is 11.3 Å². The predicted molar refractivity (Wildman–Crippen MR) is 117 cm³/mol. The smallest absolute Gasteiger partial charge is 0.267 e. The van der Waals surface area contributed by atoms with Crippen LogP contribution in [0.5, 0.6) is 0 Å². The lowest BCUT2D eigenvalue weighted by atomic mass is 10.1. The van der Waals surface area contributed by atoms with E-state index in [1.807, 2.05) is 19.1 Å². The minimum atomic E-state index is -0.278. The van der Waals surface area contributed by atoms with Gasteiger partial charge in [0.1, 0.15) is 10.7 Å². The lowest BCUT2D eigenvalue weighted by Crippen LogP contribution is -2.15. The van der Waals surface area contributed by atoms with E-state index >= 15 is 0 Å². The number of hydrogen-bond donors (Lipinski definition) is 2. The molecule has 7 heteroatoms. The topological polar surface area (TPSA) is 71.1 Å². The lowest BCUT2D eigenvalue weighted by molar-refractivity contribution is -0.117. The Kier molecular flexibility index (Phi) is 5.63. The Morgan fingerprint density at radius 3 is 2.53 bits per heavy atom. The molecule has 0 saturated heterocycles. The van der Waals surface area contributed by atoms with E-state index in [0.717, 1.165) is 29.0 Å². The monoisotopic (exact) mass is 423 g/mol. The molecule has 0 spiro atoms. The maximum absolute atomic E-state index is 13.1. The van der Waals surface area contributed by atoms with Crippen molar-refractivity contribution in [3.63, 3.8) is 0 Å². The SMILES string of the molecule is Cc1ccc(NC(=O)C2CC2)cc1NC(=O)c1sc(Cc2ccc(F)cc2)nc1C. The van der Waals surface area contributed by atoms with E-state index in [1.165, 1.54) is 23.5 Å². The van der Waals surface area contributed by atoms with Crippen molar-refractivity contribution in [1.82, 2.24) is 4.98 Å². The number of nitrogens with zero attached hydrogens (tertiary/aromatic N) is 1. The molecular formula is C23H22FN3O2S. The van der Waals surface area contributed by atoms with Crippen LogP contribution in [-0.2, 0) is 11.2 Å². The number of hydrogen-bond acceptors (Lipinski definition) is 4. The third kappa shape index (κ3) is 4.74. The van der Waals surface area contributed by atoms with Crippen LogP contribution >= 0.6 is 11.3 Å². The van der Waals surface area contributed by atoms with Crippen molar-refractivity contribution in [2.45, 2.75) is 33.1 Å². The zero-order valence-corrected chi connectivity index (χ0v) is 17.6. The fourth-order valence-electron chi connectivity index (χ4n) is 3.12. The van der Waals surface area contributed by atoms with Crippen LogP contribution in [0.4, 0.5) is 15.8 Å². The molecule has 1 saturated carbocycles. The van der Waals surface area contributed by atoms with Gasteiger partial charge in [0.25, 0.3) is 5.91 Å². The minimum absolute atomic E-state index is 0.0277. The summed E-state index contributed by atoms with van der Waals surface area (Å²) in [5, 5.41) is 6.64. The van der Waals surface area contributed by atoms with Crippen LogP contribution in [-0.4, -0.2) is 16.8 Å².